The minimum atomic E-state index is -0.105. The van der Waals surface area contributed by atoms with Crippen molar-refractivity contribution in [1.29, 1.82) is 0 Å². The van der Waals surface area contributed by atoms with E-state index in [0.29, 0.717) is 30.3 Å². The maximum absolute atomic E-state index is 12.7. The first-order chi connectivity index (χ1) is 13.6. The molecule has 0 radical (unpaired) electrons. The van der Waals surface area contributed by atoms with Crippen molar-refractivity contribution in [2.75, 3.05) is 19.6 Å². The average molecular weight is 377 g/mol. The summed E-state index contributed by atoms with van der Waals surface area (Å²) in [5.41, 5.74) is 1.49. The van der Waals surface area contributed by atoms with Crippen LogP contribution in [-0.2, 0) is 16.1 Å². The van der Waals surface area contributed by atoms with E-state index in [1.165, 1.54) is 0 Å². The highest BCUT2D eigenvalue weighted by Gasteiger charge is 2.19. The van der Waals surface area contributed by atoms with Crippen molar-refractivity contribution >= 4 is 33.6 Å². The fourth-order valence-corrected chi connectivity index (χ4v) is 3.88. The standard InChI is InChI=1S/C22H23N3O3/c26-20(23-12-6-14-24-13-5-11-21(24)27)15-25-18-9-3-1-7-16(18)22(28)17-8-2-4-10-19(17)25/h1-4,7-10H,5-6,11-15H2,(H,23,26). The molecule has 144 valence electrons. The minimum absolute atomic E-state index is 0.0156. The normalized spacial score (nSPS) is 14.1. The monoisotopic (exact) mass is 377 g/mol. The number of benzene rings is 2. The van der Waals surface area contributed by atoms with E-state index < -0.39 is 0 Å². The van der Waals surface area contributed by atoms with E-state index in [4.69, 9.17) is 0 Å². The Labute approximate surface area is 162 Å². The predicted octanol–water partition coefficient (Wildman–Crippen LogP) is 2.28. The molecule has 1 aromatic heterocycles. The van der Waals surface area contributed by atoms with E-state index in [-0.39, 0.29) is 23.8 Å². The second-order valence-corrected chi connectivity index (χ2v) is 7.14. The van der Waals surface area contributed by atoms with Gasteiger partial charge in [-0.25, -0.2) is 0 Å². The van der Waals surface area contributed by atoms with Gasteiger partial charge in [-0.1, -0.05) is 24.3 Å². The van der Waals surface area contributed by atoms with Crippen LogP contribution >= 0.6 is 0 Å². The summed E-state index contributed by atoms with van der Waals surface area (Å²) in [7, 11) is 0. The van der Waals surface area contributed by atoms with Crippen LogP contribution in [-0.4, -0.2) is 40.9 Å². The van der Waals surface area contributed by atoms with Crippen molar-refractivity contribution in [1.82, 2.24) is 14.8 Å². The maximum atomic E-state index is 12.7. The van der Waals surface area contributed by atoms with Gasteiger partial charge < -0.3 is 14.8 Å². The van der Waals surface area contributed by atoms with Gasteiger partial charge in [-0.3, -0.25) is 14.4 Å². The third-order valence-electron chi connectivity index (χ3n) is 5.28. The second-order valence-electron chi connectivity index (χ2n) is 7.14. The number of pyridine rings is 1. The number of carbonyl (C=O) groups excluding carboxylic acids is 2. The molecule has 28 heavy (non-hydrogen) atoms. The Morgan fingerprint density at radius 1 is 0.964 bits per heavy atom. The molecule has 6 heteroatoms. The van der Waals surface area contributed by atoms with Gasteiger partial charge in [0.15, 0.2) is 5.43 Å². The Morgan fingerprint density at radius 3 is 2.21 bits per heavy atom. The lowest BCUT2D eigenvalue weighted by Crippen LogP contribution is -2.32. The van der Waals surface area contributed by atoms with Crippen molar-refractivity contribution in [3.8, 4) is 0 Å². The molecule has 0 bridgehead atoms. The lowest BCUT2D eigenvalue weighted by atomic mass is 10.1. The third-order valence-corrected chi connectivity index (χ3v) is 5.28. The molecular weight excluding hydrogens is 354 g/mol. The average Bonchev–Trinajstić information content (AvgIpc) is 3.13. The highest BCUT2D eigenvalue weighted by atomic mass is 16.2. The maximum Gasteiger partial charge on any atom is 0.239 e. The number of aromatic nitrogens is 1. The molecule has 2 aromatic carbocycles. The largest absolute Gasteiger partial charge is 0.354 e. The summed E-state index contributed by atoms with van der Waals surface area (Å²) in [6.07, 6.45) is 2.31. The first-order valence-electron chi connectivity index (χ1n) is 9.70. The fourth-order valence-electron chi connectivity index (χ4n) is 3.88. The van der Waals surface area contributed by atoms with Gasteiger partial charge in [0.05, 0.1) is 11.0 Å². The number of likely N-dealkylation sites (tertiary alicyclic amines) is 1. The van der Waals surface area contributed by atoms with Crippen LogP contribution in [0.5, 0.6) is 0 Å². The summed E-state index contributed by atoms with van der Waals surface area (Å²) in [4.78, 5) is 38.8. The van der Waals surface area contributed by atoms with Crippen LogP contribution < -0.4 is 10.7 Å². The first kappa shape index (κ1) is 18.2. The molecular formula is C22H23N3O3. The van der Waals surface area contributed by atoms with E-state index in [1.807, 2.05) is 45.9 Å². The minimum Gasteiger partial charge on any atom is -0.354 e. The quantitative estimate of drug-likeness (QED) is 0.529. The molecule has 0 atom stereocenters. The molecule has 1 aliphatic heterocycles. The smallest absolute Gasteiger partial charge is 0.239 e. The SMILES string of the molecule is O=C(Cn1c2ccccc2c(=O)c2ccccc21)NCCCN1CCCC1=O. The van der Waals surface area contributed by atoms with Gasteiger partial charge in [-0.05, 0) is 37.1 Å². The van der Waals surface area contributed by atoms with Crippen molar-refractivity contribution in [2.45, 2.75) is 25.8 Å². The van der Waals surface area contributed by atoms with E-state index in [9.17, 15) is 14.4 Å². The summed E-state index contributed by atoms with van der Waals surface area (Å²) < 4.78 is 1.89. The first-order valence-corrected chi connectivity index (χ1v) is 9.70. The summed E-state index contributed by atoms with van der Waals surface area (Å²) in [5.74, 6) is 0.101. The molecule has 1 aliphatic rings. The van der Waals surface area contributed by atoms with Crippen molar-refractivity contribution < 1.29 is 9.59 Å². The van der Waals surface area contributed by atoms with Crippen LogP contribution in [0.15, 0.2) is 53.3 Å². The van der Waals surface area contributed by atoms with Crippen LogP contribution in [0.25, 0.3) is 21.8 Å². The summed E-state index contributed by atoms with van der Waals surface area (Å²) in [5, 5.41) is 4.16. The number of carbonyl (C=O) groups is 2. The van der Waals surface area contributed by atoms with Gasteiger partial charge in [-0.15, -0.1) is 0 Å². The molecule has 3 aromatic rings. The summed E-state index contributed by atoms with van der Waals surface area (Å²) in [6, 6.07) is 14.8. The summed E-state index contributed by atoms with van der Waals surface area (Å²) in [6.45, 7) is 2.17. The number of para-hydroxylation sites is 2. The Balaban J connectivity index is 1.50. The van der Waals surface area contributed by atoms with Crippen molar-refractivity contribution in [3.63, 3.8) is 0 Å². The number of rotatable bonds is 6. The number of nitrogens with zero attached hydrogens (tertiary/aromatic N) is 2. The molecule has 4 rings (SSSR count). The van der Waals surface area contributed by atoms with Gasteiger partial charge in [0, 0.05) is 36.8 Å². The molecule has 0 unspecified atom stereocenters. The molecule has 0 aliphatic carbocycles. The van der Waals surface area contributed by atoms with Crippen LogP contribution in [0.3, 0.4) is 0 Å². The Kier molecular flexibility index (Phi) is 5.10. The van der Waals surface area contributed by atoms with Crippen LogP contribution in [0.4, 0.5) is 0 Å². The molecule has 1 saturated heterocycles. The number of amides is 2. The molecule has 0 spiro atoms. The molecule has 2 amide bonds. The van der Waals surface area contributed by atoms with Gasteiger partial charge in [0.2, 0.25) is 11.8 Å². The second kappa shape index (κ2) is 7.84. The number of nitrogens with one attached hydrogen (secondary N) is 1. The zero-order chi connectivity index (χ0) is 19.5. The summed E-state index contributed by atoms with van der Waals surface area (Å²) >= 11 is 0. The van der Waals surface area contributed by atoms with Crippen LogP contribution in [0.1, 0.15) is 19.3 Å². The topological polar surface area (TPSA) is 71.4 Å². The Hall–Kier alpha value is -3.15. The molecule has 6 nitrogen and oxygen atoms in total. The fraction of sp³-hybridized carbons (Fsp3) is 0.318. The third kappa shape index (κ3) is 3.50. The van der Waals surface area contributed by atoms with E-state index in [2.05, 4.69) is 5.32 Å². The number of hydrogen-bond donors (Lipinski definition) is 1. The zero-order valence-corrected chi connectivity index (χ0v) is 15.7. The zero-order valence-electron chi connectivity index (χ0n) is 15.7. The van der Waals surface area contributed by atoms with E-state index in [0.717, 1.165) is 30.4 Å². The van der Waals surface area contributed by atoms with Crippen LogP contribution in [0, 0.1) is 0 Å². The Bertz CT molecular complexity index is 1040. The van der Waals surface area contributed by atoms with E-state index in [1.54, 1.807) is 12.1 Å². The highest BCUT2D eigenvalue weighted by molar-refractivity contribution is 5.94. The molecule has 0 saturated carbocycles. The lowest BCUT2D eigenvalue weighted by Gasteiger charge is -2.17. The molecule has 2 heterocycles. The van der Waals surface area contributed by atoms with Crippen molar-refractivity contribution in [3.05, 3.63) is 58.8 Å². The molecule has 1 N–H and O–H groups in total. The molecule has 1 fully saturated rings. The van der Waals surface area contributed by atoms with Gasteiger partial charge in [0.25, 0.3) is 0 Å². The Morgan fingerprint density at radius 2 is 1.61 bits per heavy atom. The lowest BCUT2D eigenvalue weighted by molar-refractivity contribution is -0.127. The van der Waals surface area contributed by atoms with Crippen LogP contribution in [0.2, 0.25) is 0 Å². The predicted molar refractivity (Wildman–Crippen MR) is 109 cm³/mol. The van der Waals surface area contributed by atoms with E-state index >= 15 is 0 Å². The van der Waals surface area contributed by atoms with Gasteiger partial charge >= 0.3 is 0 Å². The van der Waals surface area contributed by atoms with Crippen molar-refractivity contribution in [2.24, 2.45) is 0 Å². The number of hydrogen-bond acceptors (Lipinski definition) is 3. The highest BCUT2D eigenvalue weighted by Crippen LogP contribution is 2.19. The van der Waals surface area contributed by atoms with Gasteiger partial charge in [0.1, 0.15) is 6.54 Å². The number of fused-ring (bicyclic) bond motifs is 2. The van der Waals surface area contributed by atoms with Gasteiger partial charge in [-0.2, -0.15) is 0 Å².